The molecule has 0 amide bonds. The Morgan fingerprint density at radius 2 is 1.52 bits per heavy atom. The van der Waals surface area contributed by atoms with E-state index < -0.39 is 17.4 Å². The topological polar surface area (TPSA) is 74.6 Å². The summed E-state index contributed by atoms with van der Waals surface area (Å²) in [6.45, 7) is 15.2. The molecule has 1 aromatic rings. The van der Waals surface area contributed by atoms with Crippen LogP contribution in [0.2, 0.25) is 0 Å². The van der Waals surface area contributed by atoms with Gasteiger partial charge in [0.1, 0.15) is 0 Å². The van der Waals surface area contributed by atoms with E-state index in [0.717, 1.165) is 44.1 Å². The average Bonchev–Trinajstić information content (AvgIpc) is 3.35. The van der Waals surface area contributed by atoms with Crippen molar-refractivity contribution in [3.8, 4) is 0 Å². The van der Waals surface area contributed by atoms with E-state index in [1.807, 2.05) is 19.1 Å². The highest BCUT2D eigenvalue weighted by Crippen LogP contribution is 2.73. The lowest BCUT2D eigenvalue weighted by molar-refractivity contribution is -0.187. The molecule has 0 spiro atoms. The van der Waals surface area contributed by atoms with Gasteiger partial charge < -0.3 is 10.2 Å². The lowest BCUT2D eigenvalue weighted by Crippen LogP contribution is -2.61. The van der Waals surface area contributed by atoms with Crippen LogP contribution in [0.25, 0.3) is 5.57 Å². The summed E-state index contributed by atoms with van der Waals surface area (Å²) in [7, 11) is 0. The molecule has 5 aliphatic carbocycles. The van der Waals surface area contributed by atoms with Crippen molar-refractivity contribution in [2.45, 2.75) is 98.8 Å². The number of benzene rings is 1. The second-order valence-corrected chi connectivity index (χ2v) is 14.8. The number of aliphatic carboxylic acids is 1. The molecule has 4 fully saturated rings. The fraction of sp³-hybridized carbons (Fsp3) is 0.667. The van der Waals surface area contributed by atoms with Gasteiger partial charge in [-0.1, -0.05) is 58.4 Å². The lowest BCUT2D eigenvalue weighted by atomic mass is 9.36. The van der Waals surface area contributed by atoms with E-state index in [-0.39, 0.29) is 10.8 Å². The number of rotatable bonds is 3. The molecule has 0 heterocycles. The van der Waals surface area contributed by atoms with Crippen LogP contribution in [0.4, 0.5) is 0 Å². The average molecular weight is 547 g/mol. The SMILES string of the molecule is C=CC.CC1(C)C(c2ccc(C(=O)O)cc2)=CCC2(C)C1CCC1(C)C3CCC4(C(=O)O)CCCC4C3CCC12. The Kier molecular flexibility index (Phi) is 7.41. The monoisotopic (exact) mass is 546 g/mol. The van der Waals surface area contributed by atoms with Crippen molar-refractivity contribution in [1.82, 2.24) is 0 Å². The van der Waals surface area contributed by atoms with Crippen LogP contribution in [0, 0.1) is 51.2 Å². The largest absolute Gasteiger partial charge is 0.481 e. The molecule has 0 aromatic heterocycles. The third-order valence-electron chi connectivity index (χ3n) is 13.0. The molecule has 4 saturated carbocycles. The summed E-state index contributed by atoms with van der Waals surface area (Å²) in [5, 5.41) is 19.6. The highest BCUT2D eigenvalue weighted by Gasteiger charge is 2.66. The minimum atomic E-state index is -0.876. The van der Waals surface area contributed by atoms with E-state index in [0.29, 0.717) is 40.6 Å². The predicted octanol–water partition coefficient (Wildman–Crippen LogP) is 9.12. The Balaban J connectivity index is 0.00000103. The van der Waals surface area contributed by atoms with Gasteiger partial charge in [0.05, 0.1) is 11.0 Å². The maximum atomic E-state index is 12.5. The predicted molar refractivity (Wildman–Crippen MR) is 161 cm³/mol. The first-order valence-electron chi connectivity index (χ1n) is 15.7. The van der Waals surface area contributed by atoms with Gasteiger partial charge in [-0.05, 0) is 134 Å². The van der Waals surface area contributed by atoms with Crippen LogP contribution in [-0.2, 0) is 4.79 Å². The number of fused-ring (bicyclic) bond motifs is 7. The summed E-state index contributed by atoms with van der Waals surface area (Å²) in [4.78, 5) is 23.8. The number of hydrogen-bond donors (Lipinski definition) is 2. The van der Waals surface area contributed by atoms with Gasteiger partial charge in [0.25, 0.3) is 0 Å². The summed E-state index contributed by atoms with van der Waals surface area (Å²) in [6, 6.07) is 7.47. The van der Waals surface area contributed by atoms with Crippen molar-refractivity contribution in [2.75, 3.05) is 0 Å². The van der Waals surface area contributed by atoms with Crippen LogP contribution in [0.1, 0.15) is 115 Å². The third-order valence-corrected chi connectivity index (χ3v) is 13.0. The molecule has 40 heavy (non-hydrogen) atoms. The van der Waals surface area contributed by atoms with E-state index in [4.69, 9.17) is 0 Å². The number of carboxylic acid groups (broad SMARTS) is 2. The Hall–Kier alpha value is -2.36. The first-order valence-corrected chi connectivity index (χ1v) is 15.7. The van der Waals surface area contributed by atoms with Crippen LogP contribution in [0.5, 0.6) is 0 Å². The fourth-order valence-corrected chi connectivity index (χ4v) is 11.5. The molecular weight excluding hydrogens is 496 g/mol. The van der Waals surface area contributed by atoms with Crippen LogP contribution >= 0.6 is 0 Å². The Labute approximate surface area is 241 Å². The van der Waals surface area contributed by atoms with Gasteiger partial charge in [0.15, 0.2) is 0 Å². The summed E-state index contributed by atoms with van der Waals surface area (Å²) < 4.78 is 0. The zero-order chi connectivity index (χ0) is 29.1. The quantitative estimate of drug-likeness (QED) is 0.371. The molecule has 1 aromatic carbocycles. The van der Waals surface area contributed by atoms with Gasteiger partial charge in [0, 0.05) is 0 Å². The maximum Gasteiger partial charge on any atom is 0.335 e. The van der Waals surface area contributed by atoms with Crippen molar-refractivity contribution in [2.24, 2.45) is 51.2 Å². The molecule has 4 heteroatoms. The second kappa shape index (κ2) is 10.2. The number of carbonyl (C=O) groups is 2. The Morgan fingerprint density at radius 1 is 0.850 bits per heavy atom. The van der Waals surface area contributed by atoms with Gasteiger partial charge in [-0.25, -0.2) is 4.79 Å². The van der Waals surface area contributed by atoms with Gasteiger partial charge in [0.2, 0.25) is 0 Å². The molecule has 218 valence electrons. The number of allylic oxidation sites excluding steroid dienone is 3. The van der Waals surface area contributed by atoms with Crippen molar-refractivity contribution >= 4 is 17.5 Å². The molecule has 6 rings (SSSR count). The van der Waals surface area contributed by atoms with Gasteiger partial charge >= 0.3 is 11.9 Å². The van der Waals surface area contributed by atoms with Crippen molar-refractivity contribution in [3.63, 3.8) is 0 Å². The van der Waals surface area contributed by atoms with Crippen molar-refractivity contribution < 1.29 is 19.8 Å². The molecule has 0 bridgehead atoms. The molecule has 0 aliphatic heterocycles. The molecule has 5 aliphatic rings. The molecule has 8 atom stereocenters. The second-order valence-electron chi connectivity index (χ2n) is 14.8. The first kappa shape index (κ1) is 29.1. The summed E-state index contributed by atoms with van der Waals surface area (Å²) in [5.41, 5.74) is 2.99. The minimum Gasteiger partial charge on any atom is -0.481 e. The highest BCUT2D eigenvalue weighted by molar-refractivity contribution is 5.88. The zero-order valence-electron chi connectivity index (χ0n) is 25.3. The van der Waals surface area contributed by atoms with E-state index in [1.54, 1.807) is 18.2 Å². The number of hydrogen-bond acceptors (Lipinski definition) is 2. The van der Waals surface area contributed by atoms with Crippen molar-refractivity contribution in [3.05, 3.63) is 54.1 Å². The third kappa shape index (κ3) is 4.14. The summed E-state index contributed by atoms with van der Waals surface area (Å²) in [5.74, 6) is 1.50. The van der Waals surface area contributed by atoms with Gasteiger partial charge in [-0.3, -0.25) is 4.79 Å². The van der Waals surface area contributed by atoms with Gasteiger partial charge in [-0.2, -0.15) is 0 Å². The summed E-state index contributed by atoms with van der Waals surface area (Å²) >= 11 is 0. The molecular formula is C36H50O4. The minimum absolute atomic E-state index is 0.0202. The smallest absolute Gasteiger partial charge is 0.335 e. The molecule has 0 radical (unpaired) electrons. The van der Waals surface area contributed by atoms with Crippen LogP contribution in [0.3, 0.4) is 0 Å². The maximum absolute atomic E-state index is 12.5. The zero-order valence-corrected chi connectivity index (χ0v) is 25.3. The first-order chi connectivity index (χ1) is 18.9. The number of carboxylic acids is 2. The Bertz CT molecular complexity index is 1190. The van der Waals surface area contributed by atoms with Crippen molar-refractivity contribution in [1.29, 1.82) is 0 Å². The van der Waals surface area contributed by atoms with E-state index in [9.17, 15) is 19.8 Å². The standard InChI is InChI=1S/C33H44O4.C3H6/c1-30(2)23(20-7-9-21(10-8-20)28(34)35)13-17-32(4)26(30)15-18-31(3)24-14-19-33(29(36)37)16-5-6-25(33)22(24)11-12-27(31)32;1-3-2/h7-10,13,22,24-27H,5-6,11-12,14-19H2,1-4H3,(H,34,35)(H,36,37);3H,1H2,2H3. The molecule has 2 N–H and O–H groups in total. The van der Waals surface area contributed by atoms with E-state index in [2.05, 4.69) is 40.3 Å². The Morgan fingerprint density at radius 3 is 2.15 bits per heavy atom. The lowest BCUT2D eigenvalue weighted by Gasteiger charge is -2.68. The van der Waals surface area contributed by atoms with Gasteiger partial charge in [-0.15, -0.1) is 6.58 Å². The molecule has 0 saturated heterocycles. The van der Waals surface area contributed by atoms with Crippen LogP contribution in [0.15, 0.2) is 43.0 Å². The molecule has 8 unspecified atom stereocenters. The van der Waals surface area contributed by atoms with E-state index >= 15 is 0 Å². The highest BCUT2D eigenvalue weighted by atomic mass is 16.4. The van der Waals surface area contributed by atoms with Crippen LogP contribution in [-0.4, -0.2) is 22.2 Å². The van der Waals surface area contributed by atoms with Crippen LogP contribution < -0.4 is 0 Å². The normalized spacial score (nSPS) is 41.0. The molecule has 4 nitrogen and oxygen atoms in total. The van der Waals surface area contributed by atoms with E-state index in [1.165, 1.54) is 31.3 Å². The number of aromatic carboxylic acids is 1. The fourth-order valence-electron chi connectivity index (χ4n) is 11.5. The summed E-state index contributed by atoms with van der Waals surface area (Å²) in [6.07, 6.45) is 15.3.